The van der Waals surface area contributed by atoms with Crippen molar-refractivity contribution in [2.24, 2.45) is 0 Å². The fraction of sp³-hybridized carbons (Fsp3) is 0.167. The van der Waals surface area contributed by atoms with Crippen LogP contribution in [0.2, 0.25) is 0 Å². The lowest BCUT2D eigenvalue weighted by Gasteiger charge is -2.08. The molecule has 2 heterocycles. The maximum atomic E-state index is 5.49. The Morgan fingerprint density at radius 2 is 1.92 bits per heavy atom. The number of methoxy groups -OCH3 is 1. The molecule has 0 bridgehead atoms. The summed E-state index contributed by atoms with van der Waals surface area (Å²) in [4.78, 5) is 1.21. The van der Waals surface area contributed by atoms with Crippen molar-refractivity contribution in [3.05, 3.63) is 42.7 Å². The summed E-state index contributed by atoms with van der Waals surface area (Å²) in [5.41, 5.74) is 3.56. The third-order valence-corrected chi connectivity index (χ3v) is 4.65. The van der Waals surface area contributed by atoms with E-state index in [-0.39, 0.29) is 6.79 Å². The summed E-state index contributed by atoms with van der Waals surface area (Å²) in [5, 5.41) is 4.17. The highest BCUT2D eigenvalue weighted by Gasteiger charge is 2.23. The lowest BCUT2D eigenvalue weighted by molar-refractivity contribution is 0.171. The van der Waals surface area contributed by atoms with Crippen LogP contribution in [0.25, 0.3) is 22.4 Å². The van der Waals surface area contributed by atoms with E-state index in [1.54, 1.807) is 25.1 Å². The van der Waals surface area contributed by atoms with Gasteiger partial charge in [0.15, 0.2) is 11.5 Å². The lowest BCUT2D eigenvalue weighted by Crippen LogP contribution is -1.93. The molecule has 1 aromatic heterocycles. The molecule has 0 saturated carbocycles. The largest absolute Gasteiger partial charge is 0.493 e. The summed E-state index contributed by atoms with van der Waals surface area (Å²) in [5.74, 6) is 1.89. The van der Waals surface area contributed by atoms with Crippen LogP contribution in [-0.2, 0) is 0 Å². The van der Waals surface area contributed by atoms with Crippen LogP contribution in [0.3, 0.4) is 0 Å². The molecule has 0 radical (unpaired) electrons. The molecule has 1 aliphatic rings. The van der Waals surface area contributed by atoms with Crippen LogP contribution in [-0.4, -0.2) is 25.3 Å². The van der Waals surface area contributed by atoms with Crippen molar-refractivity contribution in [2.45, 2.75) is 4.90 Å². The first-order chi connectivity index (χ1) is 11.8. The third-order valence-electron chi connectivity index (χ3n) is 3.90. The molecule has 0 atom stereocenters. The molecule has 3 aromatic rings. The van der Waals surface area contributed by atoms with Crippen LogP contribution >= 0.6 is 11.8 Å². The van der Waals surface area contributed by atoms with Gasteiger partial charge in [0.1, 0.15) is 12.0 Å². The van der Waals surface area contributed by atoms with Crippen LogP contribution in [0, 0.1) is 0 Å². The van der Waals surface area contributed by atoms with E-state index >= 15 is 0 Å². The van der Waals surface area contributed by atoms with Gasteiger partial charge < -0.3 is 18.7 Å². The monoisotopic (exact) mass is 341 g/mol. The van der Waals surface area contributed by atoms with E-state index in [0.717, 1.165) is 22.4 Å². The summed E-state index contributed by atoms with van der Waals surface area (Å²) in [6.07, 6.45) is 3.71. The molecule has 0 unspecified atom stereocenters. The highest BCUT2D eigenvalue weighted by Crippen LogP contribution is 2.45. The molecule has 24 heavy (non-hydrogen) atoms. The van der Waals surface area contributed by atoms with E-state index in [1.165, 1.54) is 4.90 Å². The maximum absolute atomic E-state index is 5.49. The standard InChI is InChI=1S/C18H15NO4S/c1-20-15-7-12(8-16-18(15)22-10-21-16)17-14(9-23-19-17)11-3-5-13(24-2)6-4-11/h3-9H,10H2,1-2H3. The zero-order valence-electron chi connectivity index (χ0n) is 13.2. The van der Waals surface area contributed by atoms with E-state index in [0.29, 0.717) is 17.2 Å². The van der Waals surface area contributed by atoms with E-state index in [1.807, 2.05) is 12.1 Å². The molecule has 0 N–H and O–H groups in total. The Balaban J connectivity index is 1.80. The molecule has 0 fully saturated rings. The number of nitrogens with zero attached hydrogens (tertiary/aromatic N) is 1. The zero-order valence-corrected chi connectivity index (χ0v) is 14.1. The Morgan fingerprint density at radius 1 is 1.08 bits per heavy atom. The first-order valence-electron chi connectivity index (χ1n) is 7.37. The van der Waals surface area contributed by atoms with Crippen molar-refractivity contribution in [3.63, 3.8) is 0 Å². The van der Waals surface area contributed by atoms with Gasteiger partial charge >= 0.3 is 0 Å². The number of fused-ring (bicyclic) bond motifs is 1. The second-order valence-corrected chi connectivity index (χ2v) is 6.10. The average molecular weight is 341 g/mol. The minimum Gasteiger partial charge on any atom is -0.493 e. The van der Waals surface area contributed by atoms with Gasteiger partial charge in [-0.3, -0.25) is 0 Å². The first kappa shape index (κ1) is 15.0. The van der Waals surface area contributed by atoms with Gasteiger partial charge in [-0.15, -0.1) is 11.8 Å². The number of benzene rings is 2. The van der Waals surface area contributed by atoms with Gasteiger partial charge in [0.2, 0.25) is 12.5 Å². The van der Waals surface area contributed by atoms with Crippen LogP contribution in [0.5, 0.6) is 17.2 Å². The number of aromatic nitrogens is 1. The highest BCUT2D eigenvalue weighted by atomic mass is 32.2. The van der Waals surface area contributed by atoms with Crippen molar-refractivity contribution in [1.82, 2.24) is 5.16 Å². The van der Waals surface area contributed by atoms with E-state index in [2.05, 4.69) is 35.7 Å². The van der Waals surface area contributed by atoms with Crippen molar-refractivity contribution in [2.75, 3.05) is 20.2 Å². The number of hydrogen-bond donors (Lipinski definition) is 0. The van der Waals surface area contributed by atoms with Crippen LogP contribution < -0.4 is 14.2 Å². The summed E-state index contributed by atoms with van der Waals surface area (Å²) in [6.45, 7) is 0.191. The first-order valence-corrected chi connectivity index (χ1v) is 8.59. The Labute approximate surface area is 143 Å². The average Bonchev–Trinajstić information content (AvgIpc) is 3.29. The number of ether oxygens (including phenoxy) is 3. The SMILES string of the molecule is COc1cc(-c2nocc2-c2ccc(SC)cc2)cc2c1OCO2. The van der Waals surface area contributed by atoms with Gasteiger partial charge in [0.25, 0.3) is 0 Å². The smallest absolute Gasteiger partial charge is 0.231 e. The fourth-order valence-corrected chi connectivity index (χ4v) is 3.09. The van der Waals surface area contributed by atoms with E-state index < -0.39 is 0 Å². The Kier molecular flexibility index (Phi) is 3.82. The van der Waals surface area contributed by atoms with Crippen molar-refractivity contribution in [1.29, 1.82) is 0 Å². The number of hydrogen-bond acceptors (Lipinski definition) is 6. The molecule has 5 nitrogen and oxygen atoms in total. The Morgan fingerprint density at radius 3 is 2.67 bits per heavy atom. The molecule has 0 spiro atoms. The quantitative estimate of drug-likeness (QED) is 0.653. The summed E-state index contributed by atoms with van der Waals surface area (Å²) < 4.78 is 21.6. The normalized spacial score (nSPS) is 12.4. The molecule has 0 saturated heterocycles. The second kappa shape index (κ2) is 6.13. The molecule has 1 aliphatic heterocycles. The van der Waals surface area contributed by atoms with E-state index in [4.69, 9.17) is 18.7 Å². The van der Waals surface area contributed by atoms with Crippen molar-refractivity contribution in [3.8, 4) is 39.6 Å². The minimum atomic E-state index is 0.191. The summed E-state index contributed by atoms with van der Waals surface area (Å²) >= 11 is 1.71. The lowest BCUT2D eigenvalue weighted by atomic mass is 10.0. The predicted molar refractivity (Wildman–Crippen MR) is 91.8 cm³/mol. The van der Waals surface area contributed by atoms with Crippen LogP contribution in [0.4, 0.5) is 0 Å². The van der Waals surface area contributed by atoms with Gasteiger partial charge in [0.05, 0.1) is 7.11 Å². The molecule has 122 valence electrons. The van der Waals surface area contributed by atoms with Gasteiger partial charge in [-0.1, -0.05) is 17.3 Å². The van der Waals surface area contributed by atoms with Gasteiger partial charge in [-0.2, -0.15) is 0 Å². The molecule has 0 aliphatic carbocycles. The maximum Gasteiger partial charge on any atom is 0.231 e. The molecular weight excluding hydrogens is 326 g/mol. The molecular formula is C18H15NO4S. The third kappa shape index (κ3) is 2.49. The molecule has 2 aromatic carbocycles. The highest BCUT2D eigenvalue weighted by molar-refractivity contribution is 7.98. The van der Waals surface area contributed by atoms with Crippen LogP contribution in [0.15, 0.2) is 52.1 Å². The van der Waals surface area contributed by atoms with Gasteiger partial charge in [0, 0.05) is 16.0 Å². The van der Waals surface area contributed by atoms with Gasteiger partial charge in [-0.05, 0) is 36.1 Å². The zero-order chi connectivity index (χ0) is 16.5. The van der Waals surface area contributed by atoms with Gasteiger partial charge in [-0.25, -0.2) is 0 Å². The number of rotatable bonds is 4. The number of thioether (sulfide) groups is 1. The van der Waals surface area contributed by atoms with Crippen LogP contribution in [0.1, 0.15) is 0 Å². The molecule has 6 heteroatoms. The van der Waals surface area contributed by atoms with Crippen molar-refractivity contribution < 1.29 is 18.7 Å². The summed E-state index contributed by atoms with van der Waals surface area (Å²) in [7, 11) is 1.60. The minimum absolute atomic E-state index is 0.191. The summed E-state index contributed by atoms with van der Waals surface area (Å²) in [6, 6.07) is 12.1. The topological polar surface area (TPSA) is 53.7 Å². The Hall–Kier alpha value is -2.60. The fourth-order valence-electron chi connectivity index (χ4n) is 2.69. The Bertz CT molecular complexity index is 873. The second-order valence-electron chi connectivity index (χ2n) is 5.22. The predicted octanol–water partition coefficient (Wildman–Crippen LogP) is 4.47. The molecule has 4 rings (SSSR count). The van der Waals surface area contributed by atoms with Crippen molar-refractivity contribution >= 4 is 11.8 Å². The van der Waals surface area contributed by atoms with E-state index in [9.17, 15) is 0 Å². The molecule has 0 amide bonds.